The van der Waals surface area contributed by atoms with Gasteiger partial charge < -0.3 is 15.2 Å². The molecule has 0 amide bonds. The van der Waals surface area contributed by atoms with Gasteiger partial charge in [-0.25, -0.2) is 0 Å². The number of ether oxygens (including phenoxy) is 2. The zero-order chi connectivity index (χ0) is 14.4. The van der Waals surface area contributed by atoms with Crippen molar-refractivity contribution in [1.82, 2.24) is 4.90 Å². The van der Waals surface area contributed by atoms with E-state index in [1.807, 2.05) is 6.07 Å². The van der Waals surface area contributed by atoms with Gasteiger partial charge in [-0.05, 0) is 18.4 Å². The summed E-state index contributed by atoms with van der Waals surface area (Å²) in [4.78, 5) is 2.48. The van der Waals surface area contributed by atoms with Gasteiger partial charge in [0, 0.05) is 33.4 Å². The van der Waals surface area contributed by atoms with E-state index in [1.54, 1.807) is 14.2 Å². The molecule has 4 nitrogen and oxygen atoms in total. The maximum absolute atomic E-state index is 5.98. The molecule has 0 aromatic heterocycles. The zero-order valence-corrected chi connectivity index (χ0v) is 12.5. The SMILES string of the molecule is COCC(c1ccccc1)N1CCC(OC)CC1CN. The monoisotopic (exact) mass is 278 g/mol. The molecule has 2 N–H and O–H groups in total. The molecule has 0 spiro atoms. The van der Waals surface area contributed by atoms with Crippen LogP contribution in [0.1, 0.15) is 24.4 Å². The standard InChI is InChI=1S/C16H26N2O2/c1-19-12-16(13-6-4-3-5-7-13)18-9-8-15(20-2)10-14(18)11-17/h3-7,14-16H,8-12,17H2,1-2H3. The van der Waals surface area contributed by atoms with Crippen LogP contribution in [0.2, 0.25) is 0 Å². The lowest BCUT2D eigenvalue weighted by molar-refractivity contribution is -0.0208. The van der Waals surface area contributed by atoms with Gasteiger partial charge in [0.25, 0.3) is 0 Å². The molecule has 3 atom stereocenters. The molecule has 1 saturated heterocycles. The van der Waals surface area contributed by atoms with Crippen LogP contribution in [0.25, 0.3) is 0 Å². The third-order valence-electron chi connectivity index (χ3n) is 4.23. The summed E-state index contributed by atoms with van der Waals surface area (Å²) in [6, 6.07) is 11.2. The lowest BCUT2D eigenvalue weighted by Crippen LogP contribution is -2.50. The fourth-order valence-corrected chi connectivity index (χ4v) is 3.10. The van der Waals surface area contributed by atoms with Crippen LogP contribution < -0.4 is 5.73 Å². The highest BCUT2D eigenvalue weighted by Gasteiger charge is 2.32. The normalized spacial score (nSPS) is 25.6. The smallest absolute Gasteiger partial charge is 0.0659 e. The summed E-state index contributed by atoms with van der Waals surface area (Å²) in [6.45, 7) is 2.36. The Kier molecular flexibility index (Phi) is 5.98. The first-order chi connectivity index (χ1) is 9.80. The summed E-state index contributed by atoms with van der Waals surface area (Å²) in [5.74, 6) is 0. The molecule has 1 heterocycles. The Bertz CT molecular complexity index is 385. The van der Waals surface area contributed by atoms with E-state index in [2.05, 4.69) is 29.2 Å². The number of hydrogen-bond acceptors (Lipinski definition) is 4. The molecule has 0 bridgehead atoms. The number of hydrogen-bond donors (Lipinski definition) is 1. The molecule has 2 rings (SSSR count). The summed E-state index contributed by atoms with van der Waals surface area (Å²) in [7, 11) is 3.55. The number of rotatable bonds is 6. The summed E-state index contributed by atoms with van der Waals surface area (Å²) >= 11 is 0. The van der Waals surface area contributed by atoms with Crippen molar-refractivity contribution in [3.8, 4) is 0 Å². The van der Waals surface area contributed by atoms with Crippen molar-refractivity contribution in [3.05, 3.63) is 35.9 Å². The fourth-order valence-electron chi connectivity index (χ4n) is 3.10. The lowest BCUT2D eigenvalue weighted by Gasteiger charge is -2.43. The van der Waals surface area contributed by atoms with Crippen LogP contribution in [0, 0.1) is 0 Å². The van der Waals surface area contributed by atoms with Crippen LogP contribution in [0.5, 0.6) is 0 Å². The lowest BCUT2D eigenvalue weighted by atomic mass is 9.94. The second-order valence-corrected chi connectivity index (χ2v) is 5.39. The van der Waals surface area contributed by atoms with Gasteiger partial charge in [0.15, 0.2) is 0 Å². The Morgan fingerprint density at radius 1 is 1.30 bits per heavy atom. The number of nitrogens with two attached hydrogens (primary N) is 1. The molecular formula is C16H26N2O2. The minimum absolute atomic E-state index is 0.271. The first-order valence-electron chi connectivity index (χ1n) is 7.32. The van der Waals surface area contributed by atoms with Gasteiger partial charge in [-0.3, -0.25) is 4.90 Å². The molecule has 0 radical (unpaired) electrons. The molecular weight excluding hydrogens is 252 g/mol. The van der Waals surface area contributed by atoms with E-state index in [9.17, 15) is 0 Å². The first-order valence-corrected chi connectivity index (χ1v) is 7.32. The Hall–Kier alpha value is -0.940. The minimum atomic E-state index is 0.271. The van der Waals surface area contributed by atoms with E-state index in [1.165, 1.54) is 5.56 Å². The second kappa shape index (κ2) is 7.74. The predicted molar refractivity (Wildman–Crippen MR) is 80.6 cm³/mol. The Morgan fingerprint density at radius 3 is 2.65 bits per heavy atom. The Balaban J connectivity index is 2.16. The highest BCUT2D eigenvalue weighted by molar-refractivity contribution is 5.19. The maximum Gasteiger partial charge on any atom is 0.0659 e. The van der Waals surface area contributed by atoms with Gasteiger partial charge in [0.2, 0.25) is 0 Å². The molecule has 1 aliphatic rings. The quantitative estimate of drug-likeness (QED) is 0.862. The van der Waals surface area contributed by atoms with Crippen molar-refractivity contribution in [2.75, 3.05) is 33.9 Å². The van der Waals surface area contributed by atoms with Gasteiger partial charge in [-0.15, -0.1) is 0 Å². The number of methoxy groups -OCH3 is 2. The Morgan fingerprint density at radius 2 is 2.05 bits per heavy atom. The van der Waals surface area contributed by atoms with Crippen LogP contribution in [0.4, 0.5) is 0 Å². The van der Waals surface area contributed by atoms with E-state index in [4.69, 9.17) is 15.2 Å². The molecule has 0 saturated carbocycles. The van der Waals surface area contributed by atoms with Crippen molar-refractivity contribution in [1.29, 1.82) is 0 Å². The van der Waals surface area contributed by atoms with Crippen LogP contribution >= 0.6 is 0 Å². The van der Waals surface area contributed by atoms with Crippen molar-refractivity contribution in [2.24, 2.45) is 5.73 Å². The third kappa shape index (κ3) is 3.58. The highest BCUT2D eigenvalue weighted by Crippen LogP contribution is 2.29. The molecule has 3 unspecified atom stereocenters. The number of likely N-dealkylation sites (tertiary alicyclic amines) is 1. The van der Waals surface area contributed by atoms with Crippen LogP contribution in [0.3, 0.4) is 0 Å². The summed E-state index contributed by atoms with van der Waals surface area (Å²) in [6.07, 6.45) is 2.39. The van der Waals surface area contributed by atoms with Crippen LogP contribution in [-0.2, 0) is 9.47 Å². The topological polar surface area (TPSA) is 47.7 Å². The summed E-state index contributed by atoms with van der Waals surface area (Å²) < 4.78 is 10.9. The second-order valence-electron chi connectivity index (χ2n) is 5.39. The Labute approximate surface area is 121 Å². The molecule has 112 valence electrons. The zero-order valence-electron chi connectivity index (χ0n) is 12.5. The van der Waals surface area contributed by atoms with Crippen molar-refractivity contribution in [2.45, 2.75) is 31.0 Å². The van der Waals surface area contributed by atoms with E-state index in [0.717, 1.165) is 19.4 Å². The van der Waals surface area contributed by atoms with Crippen molar-refractivity contribution in [3.63, 3.8) is 0 Å². The van der Waals surface area contributed by atoms with Gasteiger partial charge >= 0.3 is 0 Å². The fraction of sp³-hybridized carbons (Fsp3) is 0.625. The van der Waals surface area contributed by atoms with E-state index < -0.39 is 0 Å². The van der Waals surface area contributed by atoms with Crippen LogP contribution in [-0.4, -0.2) is 51.0 Å². The van der Waals surface area contributed by atoms with E-state index >= 15 is 0 Å². The van der Waals surface area contributed by atoms with E-state index in [0.29, 0.717) is 25.3 Å². The average molecular weight is 278 g/mol. The van der Waals surface area contributed by atoms with Gasteiger partial charge in [-0.1, -0.05) is 30.3 Å². The molecule has 20 heavy (non-hydrogen) atoms. The van der Waals surface area contributed by atoms with Crippen molar-refractivity contribution >= 4 is 0 Å². The summed E-state index contributed by atoms with van der Waals surface area (Å²) in [5, 5.41) is 0. The maximum atomic E-state index is 5.98. The molecule has 1 aliphatic heterocycles. The van der Waals surface area contributed by atoms with Gasteiger partial charge in [-0.2, -0.15) is 0 Å². The van der Waals surface area contributed by atoms with Gasteiger partial charge in [0.1, 0.15) is 0 Å². The molecule has 1 aromatic carbocycles. The average Bonchev–Trinajstić information content (AvgIpc) is 2.53. The largest absolute Gasteiger partial charge is 0.383 e. The molecule has 0 aliphatic carbocycles. The first kappa shape index (κ1) is 15.4. The highest BCUT2D eigenvalue weighted by atomic mass is 16.5. The molecule has 1 aromatic rings. The van der Waals surface area contributed by atoms with Gasteiger partial charge in [0.05, 0.1) is 18.8 Å². The predicted octanol–water partition coefficient (Wildman–Crippen LogP) is 1.81. The molecule has 1 fully saturated rings. The number of benzene rings is 1. The summed E-state index contributed by atoms with van der Waals surface area (Å²) in [5.41, 5.74) is 7.28. The number of piperidine rings is 1. The third-order valence-corrected chi connectivity index (χ3v) is 4.23. The number of nitrogens with zero attached hydrogens (tertiary/aromatic N) is 1. The minimum Gasteiger partial charge on any atom is -0.383 e. The van der Waals surface area contributed by atoms with Crippen molar-refractivity contribution < 1.29 is 9.47 Å². The van der Waals surface area contributed by atoms with Crippen LogP contribution in [0.15, 0.2) is 30.3 Å². The van der Waals surface area contributed by atoms with E-state index in [-0.39, 0.29) is 6.04 Å². The molecule has 4 heteroatoms.